The second kappa shape index (κ2) is 6.13. The lowest BCUT2D eigenvalue weighted by Gasteiger charge is -2.18. The van der Waals surface area contributed by atoms with Gasteiger partial charge >= 0.3 is 5.97 Å². The van der Waals surface area contributed by atoms with E-state index in [1.54, 1.807) is 4.90 Å². The molecule has 0 bridgehead atoms. The van der Waals surface area contributed by atoms with Gasteiger partial charge in [0.25, 0.3) is 0 Å². The molecule has 1 saturated carbocycles. The Labute approximate surface area is 137 Å². The summed E-state index contributed by atoms with van der Waals surface area (Å²) in [5.74, 6) is 1.32. The van der Waals surface area contributed by atoms with Crippen LogP contribution in [0.3, 0.4) is 0 Å². The second-order valence-electron chi connectivity index (χ2n) is 5.64. The Hall–Kier alpha value is -1.80. The van der Waals surface area contributed by atoms with Crippen molar-refractivity contribution in [2.45, 2.75) is 25.4 Å². The molecule has 1 aliphatic carbocycles. The zero-order valence-electron chi connectivity index (χ0n) is 12.0. The van der Waals surface area contributed by atoms with Gasteiger partial charge in [-0.05, 0) is 47.3 Å². The van der Waals surface area contributed by atoms with E-state index in [0.717, 1.165) is 23.0 Å². The maximum atomic E-state index is 12.5. The molecule has 22 heavy (non-hydrogen) atoms. The average Bonchev–Trinajstić information content (AvgIpc) is 3.28. The van der Waals surface area contributed by atoms with Gasteiger partial charge in [0.05, 0.1) is 5.69 Å². The quantitative estimate of drug-likeness (QED) is 0.470. The Balaban J connectivity index is 1.69. The van der Waals surface area contributed by atoms with Gasteiger partial charge in [-0.2, -0.15) is 0 Å². The first-order valence-electron chi connectivity index (χ1n) is 7.34. The fourth-order valence-corrected chi connectivity index (χ4v) is 3.18. The highest BCUT2D eigenvalue weighted by Crippen LogP contribution is 2.36. The molecule has 3 rings (SSSR count). The molecule has 0 radical (unpaired) electrons. The lowest BCUT2D eigenvalue weighted by Crippen LogP contribution is -2.33. The van der Waals surface area contributed by atoms with Crippen LogP contribution in [0, 0.1) is 24.2 Å². The number of hydrogen-bond donors (Lipinski definition) is 0. The summed E-state index contributed by atoms with van der Waals surface area (Å²) in [5, 5.41) is 0. The van der Waals surface area contributed by atoms with Crippen molar-refractivity contribution in [3.8, 4) is 12.3 Å². The van der Waals surface area contributed by atoms with Crippen molar-refractivity contribution in [1.29, 1.82) is 0 Å². The molecule has 2 fully saturated rings. The zero-order chi connectivity index (χ0) is 15.7. The Bertz CT molecular complexity index is 648. The van der Waals surface area contributed by atoms with Crippen LogP contribution in [-0.4, -0.2) is 24.5 Å². The molecule has 0 spiro atoms. The fraction of sp³-hybridized carbons (Fsp3) is 0.412. The van der Waals surface area contributed by atoms with Crippen LogP contribution in [0.1, 0.15) is 19.3 Å². The number of hydrogen-bond acceptors (Lipinski definition) is 3. The van der Waals surface area contributed by atoms with Crippen molar-refractivity contribution in [2.75, 3.05) is 11.4 Å². The van der Waals surface area contributed by atoms with Crippen molar-refractivity contribution < 1.29 is 14.3 Å². The molecular formula is C17H16BrNO3. The number of benzene rings is 1. The third kappa shape index (κ3) is 2.89. The van der Waals surface area contributed by atoms with Gasteiger partial charge in [-0.15, -0.1) is 6.42 Å². The van der Waals surface area contributed by atoms with E-state index in [-0.39, 0.29) is 11.8 Å². The molecule has 1 amide bonds. The van der Waals surface area contributed by atoms with E-state index in [9.17, 15) is 9.59 Å². The minimum absolute atomic E-state index is 0.219. The highest BCUT2D eigenvalue weighted by Gasteiger charge is 2.41. The van der Waals surface area contributed by atoms with Gasteiger partial charge in [-0.3, -0.25) is 9.59 Å². The number of terminal acetylenes is 1. The lowest BCUT2D eigenvalue weighted by molar-refractivity contribution is -0.154. The van der Waals surface area contributed by atoms with Crippen molar-refractivity contribution in [2.24, 2.45) is 11.8 Å². The van der Waals surface area contributed by atoms with Gasteiger partial charge in [-0.25, -0.2) is 0 Å². The first-order valence-corrected chi connectivity index (χ1v) is 8.13. The largest absolute Gasteiger partial charge is 0.448 e. The van der Waals surface area contributed by atoms with E-state index in [1.165, 1.54) is 0 Å². The van der Waals surface area contributed by atoms with Gasteiger partial charge in [-0.1, -0.05) is 18.1 Å². The summed E-state index contributed by atoms with van der Waals surface area (Å²) in [6.45, 7) is 0.505. The topological polar surface area (TPSA) is 46.6 Å². The SMILES string of the molecule is C#C[C@H](OC(=O)[C@@H]1CCN(c2ccccc2Br)C1=O)C1CC1. The molecule has 2 aliphatic rings. The van der Waals surface area contributed by atoms with Crippen molar-refractivity contribution in [1.82, 2.24) is 0 Å². The van der Waals surface area contributed by atoms with Crippen molar-refractivity contribution in [3.63, 3.8) is 0 Å². The maximum Gasteiger partial charge on any atom is 0.319 e. The monoisotopic (exact) mass is 361 g/mol. The highest BCUT2D eigenvalue weighted by molar-refractivity contribution is 9.10. The van der Waals surface area contributed by atoms with E-state index in [4.69, 9.17) is 11.2 Å². The molecule has 1 heterocycles. The van der Waals surface area contributed by atoms with Crippen LogP contribution in [0.5, 0.6) is 0 Å². The van der Waals surface area contributed by atoms with Gasteiger partial charge in [0.2, 0.25) is 5.91 Å². The van der Waals surface area contributed by atoms with Gasteiger partial charge in [0.1, 0.15) is 5.92 Å². The summed E-state index contributed by atoms with van der Waals surface area (Å²) in [7, 11) is 0. The predicted octanol–water partition coefficient (Wildman–Crippen LogP) is 2.76. The molecule has 4 nitrogen and oxygen atoms in total. The van der Waals surface area contributed by atoms with Gasteiger partial charge in [0, 0.05) is 16.9 Å². The predicted molar refractivity (Wildman–Crippen MR) is 86.0 cm³/mol. The Kier molecular flexibility index (Phi) is 4.21. The fourth-order valence-electron chi connectivity index (χ4n) is 2.68. The van der Waals surface area contributed by atoms with Crippen LogP contribution >= 0.6 is 15.9 Å². The molecule has 0 N–H and O–H groups in total. The Morgan fingerprint density at radius 1 is 1.36 bits per heavy atom. The van der Waals surface area contributed by atoms with E-state index in [2.05, 4.69) is 21.9 Å². The molecule has 0 unspecified atom stereocenters. The smallest absolute Gasteiger partial charge is 0.319 e. The number of rotatable bonds is 4. The molecule has 5 heteroatoms. The van der Waals surface area contributed by atoms with Crippen LogP contribution in [0.2, 0.25) is 0 Å². The van der Waals surface area contributed by atoms with E-state index < -0.39 is 18.0 Å². The number of esters is 1. The summed E-state index contributed by atoms with van der Waals surface area (Å²) >= 11 is 3.43. The number of nitrogens with zero attached hydrogens (tertiary/aromatic N) is 1. The van der Waals surface area contributed by atoms with Crippen LogP contribution in [0.15, 0.2) is 28.7 Å². The number of carbonyl (C=O) groups excluding carboxylic acids is 2. The normalized spacial score (nSPS) is 22.3. The van der Waals surface area contributed by atoms with Crippen molar-refractivity contribution >= 4 is 33.5 Å². The second-order valence-corrected chi connectivity index (χ2v) is 6.50. The standard InChI is InChI=1S/C17H16BrNO3/c1-2-15(11-7-8-11)22-17(21)12-9-10-19(16(12)20)14-6-4-3-5-13(14)18/h1,3-6,11-12,15H,7-10H2/t12-,15+/m1/s1. The number of ether oxygens (including phenoxy) is 1. The minimum Gasteiger partial charge on any atom is -0.448 e. The summed E-state index contributed by atoms with van der Waals surface area (Å²) in [6, 6.07) is 7.47. The molecular weight excluding hydrogens is 346 g/mol. The first kappa shape index (κ1) is 15.1. The molecule has 1 aliphatic heterocycles. The lowest BCUT2D eigenvalue weighted by atomic mass is 10.1. The third-order valence-electron chi connectivity index (χ3n) is 4.09. The van der Waals surface area contributed by atoms with E-state index >= 15 is 0 Å². The third-order valence-corrected chi connectivity index (χ3v) is 4.76. The number of carbonyl (C=O) groups is 2. The van der Waals surface area contributed by atoms with Crippen LogP contribution in [0.4, 0.5) is 5.69 Å². The van der Waals surface area contributed by atoms with Crippen LogP contribution in [-0.2, 0) is 14.3 Å². The molecule has 114 valence electrons. The summed E-state index contributed by atoms with van der Waals surface area (Å²) < 4.78 is 6.19. The van der Waals surface area contributed by atoms with Crippen LogP contribution < -0.4 is 4.90 Å². The summed E-state index contributed by atoms with van der Waals surface area (Å²) in [6.07, 6.45) is 7.36. The Morgan fingerprint density at radius 3 is 2.73 bits per heavy atom. The highest BCUT2D eigenvalue weighted by atomic mass is 79.9. The number of halogens is 1. The first-order chi connectivity index (χ1) is 10.6. The van der Waals surface area contributed by atoms with Gasteiger partial charge < -0.3 is 9.64 Å². The molecule has 1 aromatic rings. The average molecular weight is 362 g/mol. The maximum absolute atomic E-state index is 12.5. The number of amides is 1. The van der Waals surface area contributed by atoms with E-state index in [1.807, 2.05) is 24.3 Å². The Morgan fingerprint density at radius 2 is 2.09 bits per heavy atom. The number of anilines is 1. The summed E-state index contributed by atoms with van der Waals surface area (Å²) in [4.78, 5) is 26.4. The summed E-state index contributed by atoms with van der Waals surface area (Å²) in [5.41, 5.74) is 0.776. The molecule has 2 atom stereocenters. The van der Waals surface area contributed by atoms with Crippen molar-refractivity contribution in [3.05, 3.63) is 28.7 Å². The molecule has 0 aromatic heterocycles. The van der Waals surface area contributed by atoms with Gasteiger partial charge in [0.15, 0.2) is 6.10 Å². The molecule has 1 aromatic carbocycles. The van der Waals surface area contributed by atoms with Crippen LogP contribution in [0.25, 0.3) is 0 Å². The zero-order valence-corrected chi connectivity index (χ0v) is 13.6. The number of para-hydroxylation sites is 1. The molecule has 1 saturated heterocycles. The van der Waals surface area contributed by atoms with E-state index in [0.29, 0.717) is 13.0 Å². The minimum atomic E-state index is -0.748.